The van der Waals surface area contributed by atoms with Crippen molar-refractivity contribution in [1.29, 1.82) is 0 Å². The number of amides is 1. The van der Waals surface area contributed by atoms with Gasteiger partial charge in [0.15, 0.2) is 0 Å². The van der Waals surface area contributed by atoms with E-state index in [-0.39, 0.29) is 12.4 Å². The minimum absolute atomic E-state index is 0. The van der Waals surface area contributed by atoms with Crippen molar-refractivity contribution in [2.45, 2.75) is 6.92 Å². The third-order valence-corrected chi connectivity index (χ3v) is 0.519. The topological polar surface area (TPSA) is 64.8 Å². The molecule has 0 fully saturated rings. The molecule has 0 saturated carbocycles. The molecule has 0 aliphatic heterocycles. The van der Waals surface area contributed by atoms with Crippen LogP contribution in [0.1, 0.15) is 6.92 Å². The summed E-state index contributed by atoms with van der Waals surface area (Å²) in [6, 6.07) is 0. The highest BCUT2D eigenvalue weighted by molar-refractivity contribution is 5.85. The number of rotatable bonds is 2. The molecule has 9 heavy (non-hydrogen) atoms. The van der Waals surface area contributed by atoms with E-state index in [0.717, 1.165) is 0 Å². The molecule has 0 aliphatic carbocycles. The van der Waals surface area contributed by atoms with Gasteiger partial charge in [0.25, 0.3) is 5.91 Å². The second-order valence-corrected chi connectivity index (χ2v) is 1.06. The molecule has 2 N–H and O–H groups in total. The first-order valence-corrected chi connectivity index (χ1v) is 1.94. The quantitative estimate of drug-likeness (QED) is 0.554. The number of hydrogen-bond donors (Lipinski definition) is 1. The van der Waals surface area contributed by atoms with E-state index in [9.17, 15) is 4.79 Å². The van der Waals surface area contributed by atoms with Gasteiger partial charge >= 0.3 is 0 Å². The van der Waals surface area contributed by atoms with Crippen LogP contribution in [0.15, 0.2) is 0 Å². The molecule has 0 aromatic heterocycles. The Hall–Kier alpha value is -0.360. The SMILES string of the molecule is CON(ON)C(C)=O.Cl. The minimum atomic E-state index is -0.407. The van der Waals surface area contributed by atoms with Gasteiger partial charge in [-0.3, -0.25) is 4.79 Å². The first kappa shape index (κ1) is 11.4. The van der Waals surface area contributed by atoms with Crippen LogP contribution in [-0.2, 0) is 14.6 Å². The third-order valence-electron chi connectivity index (χ3n) is 0.519. The fourth-order valence-electron chi connectivity index (χ4n) is 0.246. The molecule has 0 aromatic carbocycles. The number of hydrogen-bond acceptors (Lipinski definition) is 4. The highest BCUT2D eigenvalue weighted by Gasteiger charge is 2.03. The van der Waals surface area contributed by atoms with Crippen molar-refractivity contribution in [3.63, 3.8) is 0 Å². The van der Waals surface area contributed by atoms with Gasteiger partial charge in [-0.05, 0) is 0 Å². The molecule has 0 aromatic rings. The first-order valence-electron chi connectivity index (χ1n) is 1.94. The van der Waals surface area contributed by atoms with Gasteiger partial charge in [-0.25, -0.2) is 4.84 Å². The highest BCUT2D eigenvalue weighted by Crippen LogP contribution is 1.83. The van der Waals surface area contributed by atoms with Crippen molar-refractivity contribution in [2.75, 3.05) is 7.11 Å². The summed E-state index contributed by atoms with van der Waals surface area (Å²) in [7, 11) is 1.27. The van der Waals surface area contributed by atoms with Crippen molar-refractivity contribution in [1.82, 2.24) is 5.23 Å². The lowest BCUT2D eigenvalue weighted by atomic mass is 10.8. The molecule has 1 amide bonds. The van der Waals surface area contributed by atoms with Crippen LogP contribution in [0.2, 0.25) is 0 Å². The zero-order valence-electron chi connectivity index (χ0n) is 5.16. The fraction of sp³-hybridized carbons (Fsp3) is 0.667. The van der Waals surface area contributed by atoms with Crippen LogP contribution in [0.25, 0.3) is 0 Å². The zero-order valence-corrected chi connectivity index (χ0v) is 5.97. The van der Waals surface area contributed by atoms with Crippen molar-refractivity contribution in [2.24, 2.45) is 5.90 Å². The van der Waals surface area contributed by atoms with Gasteiger partial charge in [0.2, 0.25) is 0 Å². The summed E-state index contributed by atoms with van der Waals surface area (Å²) in [6.07, 6.45) is 0. The van der Waals surface area contributed by atoms with Crippen molar-refractivity contribution in [3.05, 3.63) is 0 Å². The number of hydroxylamine groups is 2. The van der Waals surface area contributed by atoms with Gasteiger partial charge in [-0.2, -0.15) is 10.8 Å². The zero-order chi connectivity index (χ0) is 6.57. The number of carbonyl (C=O) groups is 1. The molecule has 0 saturated heterocycles. The maximum Gasteiger partial charge on any atom is 0.272 e. The van der Waals surface area contributed by atoms with Gasteiger partial charge in [0, 0.05) is 6.92 Å². The maximum absolute atomic E-state index is 10.2. The van der Waals surface area contributed by atoms with Crippen LogP contribution >= 0.6 is 12.4 Å². The van der Waals surface area contributed by atoms with E-state index in [1.54, 1.807) is 0 Å². The lowest BCUT2D eigenvalue weighted by Gasteiger charge is -2.10. The Kier molecular flexibility index (Phi) is 7.33. The predicted molar refractivity (Wildman–Crippen MR) is 32.0 cm³/mol. The Bertz CT molecular complexity index is 85.1. The van der Waals surface area contributed by atoms with E-state index in [2.05, 4.69) is 15.7 Å². The summed E-state index contributed by atoms with van der Waals surface area (Å²) in [4.78, 5) is 18.4. The van der Waals surface area contributed by atoms with Crippen molar-refractivity contribution < 1.29 is 14.6 Å². The molecule has 5 nitrogen and oxygen atoms in total. The molecule has 0 unspecified atom stereocenters. The first-order chi connectivity index (χ1) is 3.72. The number of nitrogens with zero attached hydrogens (tertiary/aromatic N) is 1. The highest BCUT2D eigenvalue weighted by atomic mass is 35.5. The molecule has 0 heterocycles. The average molecular weight is 157 g/mol. The van der Waals surface area contributed by atoms with Crippen LogP contribution in [0.3, 0.4) is 0 Å². The summed E-state index contributed by atoms with van der Waals surface area (Å²) in [6.45, 7) is 1.26. The summed E-state index contributed by atoms with van der Waals surface area (Å²) in [5.41, 5.74) is 0. The van der Waals surface area contributed by atoms with E-state index >= 15 is 0 Å². The van der Waals surface area contributed by atoms with Gasteiger partial charge < -0.3 is 0 Å². The largest absolute Gasteiger partial charge is 0.272 e. The Morgan fingerprint density at radius 2 is 2.11 bits per heavy atom. The maximum atomic E-state index is 10.2. The van der Waals surface area contributed by atoms with Crippen LogP contribution in [-0.4, -0.2) is 18.2 Å². The van der Waals surface area contributed by atoms with Crippen LogP contribution in [0.5, 0.6) is 0 Å². The van der Waals surface area contributed by atoms with Gasteiger partial charge in [0.1, 0.15) is 0 Å². The molecule has 56 valence electrons. The van der Waals surface area contributed by atoms with Crippen LogP contribution in [0, 0.1) is 0 Å². The number of carbonyl (C=O) groups excluding carboxylic acids is 1. The van der Waals surface area contributed by atoms with Crippen LogP contribution in [0.4, 0.5) is 0 Å². The van der Waals surface area contributed by atoms with Gasteiger partial charge in [-0.15, -0.1) is 12.4 Å². The number of halogens is 1. The summed E-state index contributed by atoms with van der Waals surface area (Å²) in [5, 5.41) is 0.556. The molecule has 0 bridgehead atoms. The molecule has 0 atom stereocenters. The predicted octanol–water partition coefficient (Wildman–Crippen LogP) is -0.377. The Morgan fingerprint density at radius 3 is 2.11 bits per heavy atom. The molecule has 6 heteroatoms. The molecular weight excluding hydrogens is 147 g/mol. The monoisotopic (exact) mass is 156 g/mol. The lowest BCUT2D eigenvalue weighted by molar-refractivity contribution is -0.331. The molecule has 0 spiro atoms. The molecule has 0 radical (unpaired) electrons. The van der Waals surface area contributed by atoms with E-state index in [4.69, 9.17) is 0 Å². The molecule has 0 aliphatic rings. The Morgan fingerprint density at radius 1 is 1.67 bits per heavy atom. The Labute approximate surface area is 59.0 Å². The van der Waals surface area contributed by atoms with Crippen molar-refractivity contribution >= 4 is 18.3 Å². The van der Waals surface area contributed by atoms with Gasteiger partial charge in [0.05, 0.1) is 7.11 Å². The van der Waals surface area contributed by atoms with Crippen molar-refractivity contribution in [3.8, 4) is 0 Å². The van der Waals surface area contributed by atoms with E-state index in [0.29, 0.717) is 5.23 Å². The lowest BCUT2D eigenvalue weighted by Crippen LogP contribution is -2.30. The fourth-order valence-corrected chi connectivity index (χ4v) is 0.246. The summed E-state index contributed by atoms with van der Waals surface area (Å²) in [5.74, 6) is 4.16. The third kappa shape index (κ3) is 4.16. The average Bonchev–Trinajstić information content (AvgIpc) is 1.69. The second-order valence-electron chi connectivity index (χ2n) is 1.06. The molecule has 0 rings (SSSR count). The summed E-state index contributed by atoms with van der Waals surface area (Å²) < 4.78 is 0. The van der Waals surface area contributed by atoms with E-state index in [1.165, 1.54) is 14.0 Å². The normalized spacial score (nSPS) is 7.89. The van der Waals surface area contributed by atoms with Crippen LogP contribution < -0.4 is 5.90 Å². The summed E-state index contributed by atoms with van der Waals surface area (Å²) >= 11 is 0. The standard InChI is InChI=1S/C3H8N2O3.ClH/c1-3(6)5(7-2)8-4;/h4H2,1-2H3;1H. The van der Waals surface area contributed by atoms with Gasteiger partial charge in [-0.1, -0.05) is 5.23 Å². The minimum Gasteiger partial charge on any atom is -0.270 e. The molecular formula is C3H9ClN2O3. The second kappa shape index (κ2) is 5.77. The van der Waals surface area contributed by atoms with E-state index in [1.807, 2.05) is 0 Å². The number of nitrogens with two attached hydrogens (primary N) is 1. The smallest absolute Gasteiger partial charge is 0.270 e. The Balaban J connectivity index is 0. The van der Waals surface area contributed by atoms with E-state index < -0.39 is 5.91 Å².